The average Bonchev–Trinajstić information content (AvgIpc) is 3.12. The Balaban J connectivity index is 1.87. The molecule has 31 heavy (non-hydrogen) atoms. The molecule has 0 bridgehead atoms. The molecule has 8 heteroatoms. The summed E-state index contributed by atoms with van der Waals surface area (Å²) in [6, 6.07) is 3.67. The van der Waals surface area contributed by atoms with Gasteiger partial charge in [0.05, 0.1) is 24.0 Å². The van der Waals surface area contributed by atoms with Crippen LogP contribution in [-0.4, -0.2) is 57.1 Å². The smallest absolute Gasteiger partial charge is 0.224 e. The summed E-state index contributed by atoms with van der Waals surface area (Å²) in [6.45, 7) is 7.22. The van der Waals surface area contributed by atoms with Gasteiger partial charge in [0, 0.05) is 42.9 Å². The van der Waals surface area contributed by atoms with Crippen LogP contribution in [0, 0.1) is 24.7 Å². The van der Waals surface area contributed by atoms with Crippen LogP contribution in [-0.2, 0) is 0 Å². The minimum atomic E-state index is -0.521. The molecule has 1 aliphatic rings. The van der Waals surface area contributed by atoms with Gasteiger partial charge in [-0.05, 0) is 39.2 Å². The summed E-state index contributed by atoms with van der Waals surface area (Å²) in [7, 11) is 0. The lowest BCUT2D eigenvalue weighted by atomic mass is 10.1. The highest BCUT2D eigenvalue weighted by Gasteiger charge is 2.33. The predicted octanol–water partition coefficient (Wildman–Crippen LogP) is 2.34. The molecule has 0 unspecified atom stereocenters. The third kappa shape index (κ3) is 6.06. The predicted molar refractivity (Wildman–Crippen MR) is 120 cm³/mol. The van der Waals surface area contributed by atoms with Crippen molar-refractivity contribution in [3.63, 3.8) is 0 Å². The molecule has 0 spiro atoms. The maximum absolute atomic E-state index is 10.2. The Labute approximate surface area is 183 Å². The van der Waals surface area contributed by atoms with Gasteiger partial charge in [-0.1, -0.05) is 18.8 Å². The molecule has 0 saturated heterocycles. The highest BCUT2D eigenvalue weighted by molar-refractivity contribution is 5.60. The number of aliphatic hydroxyl groups is 2. The number of hydrogen-bond donors (Lipinski definition) is 4. The first-order valence-electron chi connectivity index (χ1n) is 10.8. The first-order valence-corrected chi connectivity index (χ1v) is 10.8. The number of nitrogens with zero attached hydrogens (tertiary/aromatic N) is 3. The van der Waals surface area contributed by atoms with Crippen molar-refractivity contribution in [2.24, 2.45) is 5.92 Å². The van der Waals surface area contributed by atoms with E-state index in [4.69, 9.17) is 4.74 Å². The van der Waals surface area contributed by atoms with Gasteiger partial charge >= 0.3 is 0 Å². The van der Waals surface area contributed by atoms with Crippen molar-refractivity contribution in [1.29, 1.82) is 0 Å². The molecule has 1 fully saturated rings. The standard InChI is InChI=1S/C23H31N5O3/c1-4-10-24-23-26-15(3)19(8-6-16-7-9-21(25-13-16)31-5-2)22(28-23)27-18-11-17(14-29)20(30)12-18/h7,9,13,17-18,20,29-30H,4-5,10-12,14H2,1-3H3,(H2,24,26,27,28)/t17-,18-,20+/m1/s1. The fourth-order valence-electron chi connectivity index (χ4n) is 3.58. The fraction of sp³-hybridized carbons (Fsp3) is 0.522. The summed E-state index contributed by atoms with van der Waals surface area (Å²) < 4.78 is 5.37. The van der Waals surface area contributed by atoms with Gasteiger partial charge in [0.25, 0.3) is 0 Å². The van der Waals surface area contributed by atoms with E-state index >= 15 is 0 Å². The van der Waals surface area contributed by atoms with E-state index in [-0.39, 0.29) is 18.6 Å². The summed E-state index contributed by atoms with van der Waals surface area (Å²) in [4.78, 5) is 13.4. The third-order valence-corrected chi connectivity index (χ3v) is 5.22. The maximum atomic E-state index is 10.2. The van der Waals surface area contributed by atoms with Crippen LogP contribution in [0.1, 0.15) is 49.9 Å². The van der Waals surface area contributed by atoms with Crippen LogP contribution in [0.25, 0.3) is 0 Å². The van der Waals surface area contributed by atoms with Crippen molar-refractivity contribution in [1.82, 2.24) is 15.0 Å². The molecule has 1 saturated carbocycles. The summed E-state index contributed by atoms with van der Waals surface area (Å²) >= 11 is 0. The van der Waals surface area contributed by atoms with E-state index in [0.717, 1.165) is 24.2 Å². The van der Waals surface area contributed by atoms with Crippen molar-refractivity contribution < 1.29 is 14.9 Å². The van der Waals surface area contributed by atoms with Gasteiger partial charge in [0.15, 0.2) is 0 Å². The van der Waals surface area contributed by atoms with Crippen LogP contribution in [0.2, 0.25) is 0 Å². The Hall–Kier alpha value is -2.89. The zero-order chi connectivity index (χ0) is 22.2. The monoisotopic (exact) mass is 425 g/mol. The first kappa shape index (κ1) is 22.8. The Kier molecular flexibility index (Phi) is 8.04. The minimum absolute atomic E-state index is 0.00756. The number of rotatable bonds is 8. The van der Waals surface area contributed by atoms with Crippen molar-refractivity contribution in [3.05, 3.63) is 35.2 Å². The molecule has 1 aliphatic carbocycles. The van der Waals surface area contributed by atoms with Crippen molar-refractivity contribution in [2.75, 3.05) is 30.4 Å². The molecule has 2 aromatic rings. The van der Waals surface area contributed by atoms with E-state index in [9.17, 15) is 10.2 Å². The Bertz CT molecular complexity index is 923. The molecular formula is C23H31N5O3. The molecule has 3 atom stereocenters. The van der Waals surface area contributed by atoms with E-state index in [1.807, 2.05) is 19.9 Å². The van der Waals surface area contributed by atoms with Crippen LogP contribution in [0.4, 0.5) is 11.8 Å². The van der Waals surface area contributed by atoms with E-state index in [1.165, 1.54) is 0 Å². The number of hydrogen-bond acceptors (Lipinski definition) is 8. The van der Waals surface area contributed by atoms with Gasteiger partial charge in [-0.2, -0.15) is 4.98 Å². The molecular weight excluding hydrogens is 394 g/mol. The second-order valence-corrected chi connectivity index (χ2v) is 7.67. The summed E-state index contributed by atoms with van der Waals surface area (Å²) in [5.74, 6) is 7.94. The van der Waals surface area contributed by atoms with Gasteiger partial charge in [0.1, 0.15) is 5.82 Å². The zero-order valence-electron chi connectivity index (χ0n) is 18.4. The second kappa shape index (κ2) is 10.9. The third-order valence-electron chi connectivity index (χ3n) is 5.22. The van der Waals surface area contributed by atoms with Crippen LogP contribution in [0.15, 0.2) is 18.3 Å². The van der Waals surface area contributed by atoms with Gasteiger partial charge in [-0.15, -0.1) is 0 Å². The van der Waals surface area contributed by atoms with Crippen LogP contribution >= 0.6 is 0 Å². The lowest BCUT2D eigenvalue weighted by molar-refractivity contribution is 0.0908. The Morgan fingerprint density at radius 2 is 2.03 bits per heavy atom. The molecule has 2 heterocycles. The fourth-order valence-corrected chi connectivity index (χ4v) is 3.58. The van der Waals surface area contributed by atoms with Gasteiger partial charge in [-0.25, -0.2) is 9.97 Å². The molecule has 0 aliphatic heterocycles. The van der Waals surface area contributed by atoms with Crippen LogP contribution in [0.3, 0.4) is 0 Å². The van der Waals surface area contributed by atoms with Gasteiger partial charge in [-0.3, -0.25) is 0 Å². The lowest BCUT2D eigenvalue weighted by Crippen LogP contribution is -2.20. The largest absolute Gasteiger partial charge is 0.478 e. The van der Waals surface area contributed by atoms with Gasteiger partial charge < -0.3 is 25.6 Å². The average molecular weight is 426 g/mol. The van der Waals surface area contributed by atoms with E-state index in [1.54, 1.807) is 12.3 Å². The first-order chi connectivity index (χ1) is 15.0. The molecule has 166 valence electrons. The van der Waals surface area contributed by atoms with Crippen molar-refractivity contribution >= 4 is 11.8 Å². The van der Waals surface area contributed by atoms with Crippen LogP contribution < -0.4 is 15.4 Å². The van der Waals surface area contributed by atoms with E-state index in [0.29, 0.717) is 42.7 Å². The number of aliphatic hydroxyl groups excluding tert-OH is 2. The van der Waals surface area contributed by atoms with Gasteiger partial charge in [0.2, 0.25) is 11.8 Å². The Morgan fingerprint density at radius 3 is 2.68 bits per heavy atom. The molecule has 0 radical (unpaired) electrons. The Morgan fingerprint density at radius 1 is 1.19 bits per heavy atom. The SMILES string of the molecule is CCCNc1nc(C)c(C#Cc2ccc(OCC)nc2)c(N[C@@H]2C[C@H](CO)[C@@H](O)C2)n1. The zero-order valence-corrected chi connectivity index (χ0v) is 18.4. The van der Waals surface area contributed by atoms with E-state index in [2.05, 4.69) is 44.4 Å². The molecule has 4 N–H and O–H groups in total. The number of ether oxygens (including phenoxy) is 1. The molecule has 8 nitrogen and oxygen atoms in total. The summed E-state index contributed by atoms with van der Waals surface area (Å²) in [6.07, 6.45) is 3.35. The number of anilines is 2. The normalized spacial score (nSPS) is 20.1. The summed E-state index contributed by atoms with van der Waals surface area (Å²) in [5.41, 5.74) is 2.23. The number of aromatic nitrogens is 3. The minimum Gasteiger partial charge on any atom is -0.478 e. The maximum Gasteiger partial charge on any atom is 0.224 e. The molecule has 0 amide bonds. The highest BCUT2D eigenvalue weighted by Crippen LogP contribution is 2.29. The quantitative estimate of drug-likeness (QED) is 0.477. The molecule has 3 rings (SSSR count). The number of pyridine rings is 1. The lowest BCUT2D eigenvalue weighted by Gasteiger charge is -2.17. The van der Waals surface area contributed by atoms with Crippen molar-refractivity contribution in [3.8, 4) is 17.7 Å². The topological polar surface area (TPSA) is 112 Å². The number of aryl methyl sites for hydroxylation is 1. The number of nitrogens with one attached hydrogen (secondary N) is 2. The summed E-state index contributed by atoms with van der Waals surface area (Å²) in [5, 5.41) is 26.3. The van der Waals surface area contributed by atoms with Crippen molar-refractivity contribution in [2.45, 2.75) is 52.2 Å². The highest BCUT2D eigenvalue weighted by atomic mass is 16.5. The molecule has 0 aromatic carbocycles. The van der Waals surface area contributed by atoms with E-state index < -0.39 is 6.10 Å². The van der Waals surface area contributed by atoms with Crippen LogP contribution in [0.5, 0.6) is 5.88 Å². The second-order valence-electron chi connectivity index (χ2n) is 7.67. The molecule has 2 aromatic heterocycles.